The van der Waals surface area contributed by atoms with Gasteiger partial charge >= 0.3 is 5.97 Å². The second-order valence-electron chi connectivity index (χ2n) is 5.82. The van der Waals surface area contributed by atoms with Crippen LogP contribution >= 0.6 is 0 Å². The number of hydrogen-bond acceptors (Lipinski definition) is 5. The number of rotatable bonds is 9. The number of hydrogen-bond donors (Lipinski definition) is 3. The molecule has 0 aromatic carbocycles. The maximum atomic E-state index is 12.3. The molecule has 1 aliphatic rings. The van der Waals surface area contributed by atoms with Gasteiger partial charge in [0.1, 0.15) is 5.54 Å². The highest BCUT2D eigenvalue weighted by molar-refractivity contribution is 5.82. The van der Waals surface area contributed by atoms with Gasteiger partial charge in [0.2, 0.25) is 5.91 Å². The number of likely N-dealkylation sites (N-methyl/N-ethyl adjacent to an activating group) is 1. The fourth-order valence-electron chi connectivity index (χ4n) is 3.11. The molecule has 0 saturated heterocycles. The Labute approximate surface area is 127 Å². The van der Waals surface area contributed by atoms with Crippen molar-refractivity contribution in [2.45, 2.75) is 57.5 Å². The van der Waals surface area contributed by atoms with E-state index in [1.807, 2.05) is 6.92 Å². The summed E-state index contributed by atoms with van der Waals surface area (Å²) in [6.45, 7) is 5.07. The third kappa shape index (κ3) is 4.68. The van der Waals surface area contributed by atoms with Crippen molar-refractivity contribution in [3.63, 3.8) is 0 Å². The average Bonchev–Trinajstić information content (AvgIpc) is 2.87. The van der Waals surface area contributed by atoms with Crippen LogP contribution < -0.4 is 16.4 Å². The molecule has 0 bridgehead atoms. The van der Waals surface area contributed by atoms with E-state index in [9.17, 15) is 9.59 Å². The first kappa shape index (κ1) is 17.9. The summed E-state index contributed by atoms with van der Waals surface area (Å²) in [5, 5.41) is 6.31. The van der Waals surface area contributed by atoms with Crippen LogP contribution in [-0.4, -0.2) is 43.7 Å². The Balaban J connectivity index is 2.71. The fourth-order valence-corrected chi connectivity index (χ4v) is 3.11. The second kappa shape index (κ2) is 8.34. The molecule has 6 heteroatoms. The summed E-state index contributed by atoms with van der Waals surface area (Å²) in [5.41, 5.74) is 4.78. The van der Waals surface area contributed by atoms with E-state index in [4.69, 9.17) is 10.5 Å². The normalized spacial score (nSPS) is 26.5. The third-order valence-corrected chi connectivity index (χ3v) is 4.26. The molecular weight excluding hydrogens is 270 g/mol. The molecule has 0 aliphatic heterocycles. The van der Waals surface area contributed by atoms with E-state index in [0.29, 0.717) is 25.4 Å². The lowest BCUT2D eigenvalue weighted by Crippen LogP contribution is -2.51. The molecule has 1 saturated carbocycles. The summed E-state index contributed by atoms with van der Waals surface area (Å²) >= 11 is 0. The average molecular weight is 299 g/mol. The number of carbonyl (C=O) groups excluding carboxylic acids is 2. The molecule has 1 fully saturated rings. The predicted molar refractivity (Wildman–Crippen MR) is 81.7 cm³/mol. The summed E-state index contributed by atoms with van der Waals surface area (Å²) in [6, 6.07) is -0.334. The first-order valence-corrected chi connectivity index (χ1v) is 7.87. The van der Waals surface area contributed by atoms with Crippen LogP contribution in [0.2, 0.25) is 0 Å². The molecule has 1 amide bonds. The minimum Gasteiger partial charge on any atom is -0.465 e. The lowest BCUT2D eigenvalue weighted by atomic mass is 9.92. The highest BCUT2D eigenvalue weighted by Gasteiger charge is 2.46. The van der Waals surface area contributed by atoms with Crippen molar-refractivity contribution in [1.82, 2.24) is 10.6 Å². The van der Waals surface area contributed by atoms with Crippen LogP contribution in [0.25, 0.3) is 0 Å². The van der Waals surface area contributed by atoms with E-state index in [0.717, 1.165) is 25.8 Å². The highest BCUT2D eigenvalue weighted by atomic mass is 16.5. The van der Waals surface area contributed by atoms with E-state index in [2.05, 4.69) is 17.6 Å². The Morgan fingerprint density at radius 1 is 1.43 bits per heavy atom. The minimum absolute atomic E-state index is 0.166. The fraction of sp³-hybridized carbons (Fsp3) is 0.867. The van der Waals surface area contributed by atoms with Gasteiger partial charge in [-0.15, -0.1) is 0 Å². The molecule has 6 nitrogen and oxygen atoms in total. The summed E-state index contributed by atoms with van der Waals surface area (Å²) in [4.78, 5) is 23.7. The molecule has 1 rings (SSSR count). The van der Waals surface area contributed by atoms with Crippen LogP contribution in [0, 0.1) is 5.92 Å². The van der Waals surface area contributed by atoms with Crippen LogP contribution in [0.1, 0.15) is 46.0 Å². The summed E-state index contributed by atoms with van der Waals surface area (Å²) in [7, 11) is 1.73. The quantitative estimate of drug-likeness (QED) is 0.541. The van der Waals surface area contributed by atoms with Gasteiger partial charge in [0, 0.05) is 0 Å². The van der Waals surface area contributed by atoms with Crippen molar-refractivity contribution >= 4 is 11.9 Å². The lowest BCUT2D eigenvalue weighted by molar-refractivity contribution is -0.151. The molecule has 4 N–H and O–H groups in total. The van der Waals surface area contributed by atoms with Crippen molar-refractivity contribution < 1.29 is 14.3 Å². The van der Waals surface area contributed by atoms with Gasteiger partial charge in [-0.2, -0.15) is 0 Å². The van der Waals surface area contributed by atoms with Crippen molar-refractivity contribution in [2.75, 3.05) is 20.2 Å². The Bertz CT molecular complexity index is 362. The predicted octanol–water partition coefficient (Wildman–Crippen LogP) is 0.551. The topological polar surface area (TPSA) is 93.4 Å². The monoisotopic (exact) mass is 299 g/mol. The van der Waals surface area contributed by atoms with Crippen LogP contribution in [0.3, 0.4) is 0 Å². The van der Waals surface area contributed by atoms with Crippen LogP contribution in [0.4, 0.5) is 0 Å². The van der Waals surface area contributed by atoms with E-state index < -0.39 is 5.54 Å². The molecule has 21 heavy (non-hydrogen) atoms. The number of ether oxygens (including phenoxy) is 1. The molecule has 3 unspecified atom stereocenters. The molecular formula is C15H29N3O3. The Morgan fingerprint density at radius 3 is 2.67 bits per heavy atom. The summed E-state index contributed by atoms with van der Waals surface area (Å²) < 4.78 is 5.24. The van der Waals surface area contributed by atoms with Gasteiger partial charge in [0.15, 0.2) is 0 Å². The second-order valence-corrected chi connectivity index (χ2v) is 5.82. The Hall–Kier alpha value is -1.14. The van der Waals surface area contributed by atoms with Gasteiger partial charge in [-0.05, 0) is 58.5 Å². The molecule has 0 heterocycles. The molecule has 0 aromatic heterocycles. The van der Waals surface area contributed by atoms with Gasteiger partial charge in [-0.25, -0.2) is 0 Å². The van der Waals surface area contributed by atoms with E-state index in [1.54, 1.807) is 7.05 Å². The van der Waals surface area contributed by atoms with Gasteiger partial charge in [-0.3, -0.25) is 9.59 Å². The molecule has 0 aromatic rings. The number of amides is 1. The molecule has 122 valence electrons. The third-order valence-electron chi connectivity index (χ3n) is 4.26. The van der Waals surface area contributed by atoms with Crippen molar-refractivity contribution in [1.29, 1.82) is 0 Å². The molecule has 0 radical (unpaired) electrons. The highest BCUT2D eigenvalue weighted by Crippen LogP contribution is 2.38. The van der Waals surface area contributed by atoms with Crippen molar-refractivity contribution in [3.8, 4) is 0 Å². The van der Waals surface area contributed by atoms with Crippen molar-refractivity contribution in [3.05, 3.63) is 0 Å². The number of primary amides is 1. The Morgan fingerprint density at radius 2 is 2.14 bits per heavy atom. The lowest BCUT2D eigenvalue weighted by Gasteiger charge is -2.28. The maximum Gasteiger partial charge on any atom is 0.326 e. The zero-order chi connectivity index (χ0) is 15.9. The van der Waals surface area contributed by atoms with Gasteiger partial charge < -0.3 is 21.1 Å². The molecule has 3 atom stereocenters. The van der Waals surface area contributed by atoms with Crippen LogP contribution in [0.5, 0.6) is 0 Å². The zero-order valence-corrected chi connectivity index (χ0v) is 13.4. The van der Waals surface area contributed by atoms with Gasteiger partial charge in [0.05, 0.1) is 12.6 Å². The van der Waals surface area contributed by atoms with E-state index >= 15 is 0 Å². The number of carbonyl (C=O) groups is 2. The largest absolute Gasteiger partial charge is 0.465 e. The first-order valence-electron chi connectivity index (χ1n) is 7.87. The first-order chi connectivity index (χ1) is 9.99. The van der Waals surface area contributed by atoms with Gasteiger partial charge in [0.25, 0.3) is 0 Å². The van der Waals surface area contributed by atoms with Crippen molar-refractivity contribution in [2.24, 2.45) is 11.7 Å². The van der Waals surface area contributed by atoms with Gasteiger partial charge in [-0.1, -0.05) is 6.92 Å². The Kier molecular flexibility index (Phi) is 7.11. The zero-order valence-electron chi connectivity index (χ0n) is 13.4. The maximum absolute atomic E-state index is 12.3. The van der Waals surface area contributed by atoms with E-state index in [-0.39, 0.29) is 17.9 Å². The minimum atomic E-state index is -0.591. The van der Waals surface area contributed by atoms with Crippen LogP contribution in [0.15, 0.2) is 0 Å². The molecule has 0 spiro atoms. The SMILES string of the molecule is CCCNC1(C(=O)OCC)CCC(CC(NC)C(N)=O)C1. The number of esters is 1. The summed E-state index contributed by atoms with van der Waals surface area (Å²) in [6.07, 6.45) is 4.00. The molecule has 1 aliphatic carbocycles. The van der Waals surface area contributed by atoms with E-state index in [1.165, 1.54) is 0 Å². The smallest absolute Gasteiger partial charge is 0.326 e. The number of nitrogens with two attached hydrogens (primary N) is 1. The number of nitrogens with one attached hydrogen (secondary N) is 2. The standard InChI is InChI=1S/C15H29N3O3/c1-4-8-18-15(14(20)21-5-2)7-6-11(10-15)9-12(17-3)13(16)19/h11-12,17-18H,4-10H2,1-3H3,(H2,16,19). The summed E-state index contributed by atoms with van der Waals surface area (Å²) in [5.74, 6) is -0.211. The van der Waals surface area contributed by atoms with Crippen LogP contribution in [-0.2, 0) is 14.3 Å².